The molecular weight excluding hydrogens is 458 g/mol. The number of aryl methyl sites for hydroxylation is 2. The number of ether oxygens (including phenoxy) is 2. The second-order valence-electron chi connectivity index (χ2n) is 8.94. The van der Waals surface area contributed by atoms with Crippen LogP contribution in [0.4, 0.5) is 5.69 Å². The number of benzene rings is 3. The van der Waals surface area contributed by atoms with Crippen LogP contribution in [0.1, 0.15) is 43.8 Å². The summed E-state index contributed by atoms with van der Waals surface area (Å²) in [5.74, 6) is -1.95. The summed E-state index contributed by atoms with van der Waals surface area (Å²) in [5.41, 5.74) is 4.62. The molecule has 1 aliphatic heterocycles. The Bertz CT molecular complexity index is 1310. The number of anilines is 1. The number of rotatable bonds is 7. The van der Waals surface area contributed by atoms with Crippen LogP contribution < -0.4 is 9.64 Å². The summed E-state index contributed by atoms with van der Waals surface area (Å²) in [6, 6.07) is 18.8. The first-order valence-corrected chi connectivity index (χ1v) is 11.7. The molecule has 1 fully saturated rings. The van der Waals surface area contributed by atoms with Crippen LogP contribution in [0.3, 0.4) is 0 Å². The lowest BCUT2D eigenvalue weighted by atomic mass is 10.1. The molecule has 1 saturated heterocycles. The van der Waals surface area contributed by atoms with Gasteiger partial charge in [0.2, 0.25) is 5.91 Å². The largest absolute Gasteiger partial charge is 0.457 e. The molecule has 0 unspecified atom stereocenters. The second-order valence-corrected chi connectivity index (χ2v) is 8.94. The zero-order valence-electron chi connectivity index (χ0n) is 20.4. The first kappa shape index (κ1) is 24.9. The number of nitrogens with zero attached hydrogens (tertiary/aromatic N) is 1. The van der Waals surface area contributed by atoms with E-state index < -0.39 is 30.2 Å². The molecule has 36 heavy (non-hydrogen) atoms. The Morgan fingerprint density at radius 1 is 0.889 bits per heavy atom. The van der Waals surface area contributed by atoms with Gasteiger partial charge in [0.15, 0.2) is 12.4 Å². The third-order valence-electron chi connectivity index (χ3n) is 6.34. The maximum atomic E-state index is 12.6. The summed E-state index contributed by atoms with van der Waals surface area (Å²) >= 11 is 0. The number of hydrogen-bond donors (Lipinski definition) is 0. The fourth-order valence-corrected chi connectivity index (χ4v) is 4.03. The molecule has 7 heteroatoms. The van der Waals surface area contributed by atoms with Crippen LogP contribution in [-0.4, -0.2) is 36.8 Å². The fraction of sp³-hybridized carbons (Fsp3) is 0.241. The Balaban J connectivity index is 1.30. The van der Waals surface area contributed by atoms with Crippen LogP contribution in [0.2, 0.25) is 0 Å². The topological polar surface area (TPSA) is 90.0 Å². The Morgan fingerprint density at radius 2 is 1.56 bits per heavy atom. The molecule has 0 N–H and O–H groups in total. The van der Waals surface area contributed by atoms with E-state index in [0.717, 1.165) is 22.4 Å². The van der Waals surface area contributed by atoms with E-state index in [0.29, 0.717) is 16.9 Å². The normalized spacial score (nSPS) is 15.0. The summed E-state index contributed by atoms with van der Waals surface area (Å²) in [7, 11) is 0. The first-order chi connectivity index (χ1) is 17.2. The van der Waals surface area contributed by atoms with Gasteiger partial charge in [-0.05, 0) is 74.4 Å². The van der Waals surface area contributed by atoms with E-state index in [1.165, 1.54) is 24.3 Å². The highest BCUT2D eigenvalue weighted by molar-refractivity contribution is 6.01. The van der Waals surface area contributed by atoms with E-state index in [4.69, 9.17) is 9.47 Å². The van der Waals surface area contributed by atoms with Gasteiger partial charge < -0.3 is 14.4 Å². The molecule has 1 heterocycles. The molecule has 7 nitrogen and oxygen atoms in total. The SMILES string of the molecule is Cc1ccc(C(=O)Oc2ccc(C(=O)COC(=O)[C@@H]3CC(=O)N(c4cccc(C)c4C)C3)cc2)cc1. The minimum atomic E-state index is -0.631. The number of carbonyl (C=O) groups is 4. The van der Waals surface area contributed by atoms with Gasteiger partial charge >= 0.3 is 11.9 Å². The highest BCUT2D eigenvalue weighted by Gasteiger charge is 2.37. The molecule has 3 aromatic rings. The van der Waals surface area contributed by atoms with Crippen molar-refractivity contribution in [2.75, 3.05) is 18.1 Å². The zero-order chi connectivity index (χ0) is 25.8. The molecule has 0 bridgehead atoms. The van der Waals surface area contributed by atoms with Gasteiger partial charge in [-0.2, -0.15) is 0 Å². The van der Waals surface area contributed by atoms with Crippen molar-refractivity contribution in [2.45, 2.75) is 27.2 Å². The third kappa shape index (κ3) is 5.51. The maximum absolute atomic E-state index is 12.6. The van der Waals surface area contributed by atoms with Gasteiger partial charge in [-0.15, -0.1) is 0 Å². The van der Waals surface area contributed by atoms with Crippen LogP contribution in [0.25, 0.3) is 0 Å². The van der Waals surface area contributed by atoms with Gasteiger partial charge in [-0.1, -0.05) is 29.8 Å². The highest BCUT2D eigenvalue weighted by Crippen LogP contribution is 2.30. The number of Topliss-reactive ketones (excluding diaryl/α,β-unsaturated/α-hetero) is 1. The van der Waals surface area contributed by atoms with Gasteiger partial charge in [-0.25, -0.2) is 4.79 Å². The van der Waals surface area contributed by atoms with E-state index >= 15 is 0 Å². The van der Waals surface area contributed by atoms with E-state index in [2.05, 4.69) is 0 Å². The highest BCUT2D eigenvalue weighted by atomic mass is 16.5. The summed E-state index contributed by atoms with van der Waals surface area (Å²) < 4.78 is 10.6. The molecule has 0 radical (unpaired) electrons. The molecule has 4 rings (SSSR count). The van der Waals surface area contributed by atoms with Crippen molar-refractivity contribution >= 4 is 29.3 Å². The van der Waals surface area contributed by atoms with Crippen molar-refractivity contribution in [1.82, 2.24) is 0 Å². The molecule has 184 valence electrons. The predicted molar refractivity (Wildman–Crippen MR) is 134 cm³/mol. The fourth-order valence-electron chi connectivity index (χ4n) is 4.03. The summed E-state index contributed by atoms with van der Waals surface area (Å²) in [5, 5.41) is 0. The van der Waals surface area contributed by atoms with Gasteiger partial charge in [0, 0.05) is 24.2 Å². The standard InChI is InChI=1S/C29H27NO6/c1-18-7-9-22(10-8-18)29(34)36-24-13-11-21(12-14-24)26(31)17-35-28(33)23-15-27(32)30(16-23)25-6-4-5-19(2)20(25)3/h4-14,23H,15-17H2,1-3H3/t23-/m1/s1. The average Bonchev–Trinajstić information content (AvgIpc) is 3.26. The number of amides is 1. The van der Waals surface area contributed by atoms with Crippen LogP contribution in [-0.2, 0) is 14.3 Å². The van der Waals surface area contributed by atoms with E-state index in [9.17, 15) is 19.2 Å². The Hall–Kier alpha value is -4.26. The molecule has 3 aromatic carbocycles. The monoisotopic (exact) mass is 485 g/mol. The number of carbonyl (C=O) groups excluding carboxylic acids is 4. The quantitative estimate of drug-likeness (QED) is 0.276. The molecule has 0 aliphatic carbocycles. The van der Waals surface area contributed by atoms with Gasteiger partial charge in [0.25, 0.3) is 0 Å². The Kier molecular flexibility index (Phi) is 7.29. The molecular formula is C29H27NO6. The summed E-state index contributed by atoms with van der Waals surface area (Å²) in [6.07, 6.45) is 0.0431. The van der Waals surface area contributed by atoms with Crippen molar-refractivity contribution in [1.29, 1.82) is 0 Å². The Labute approximate surface area is 209 Å². The first-order valence-electron chi connectivity index (χ1n) is 11.7. The second kappa shape index (κ2) is 10.6. The molecule has 1 amide bonds. The van der Waals surface area contributed by atoms with Gasteiger partial charge in [0.1, 0.15) is 5.75 Å². The number of hydrogen-bond acceptors (Lipinski definition) is 6. The number of esters is 2. The lowest BCUT2D eigenvalue weighted by Crippen LogP contribution is -2.27. The van der Waals surface area contributed by atoms with Gasteiger partial charge in [0.05, 0.1) is 11.5 Å². The van der Waals surface area contributed by atoms with Crippen LogP contribution in [0.5, 0.6) is 5.75 Å². The van der Waals surface area contributed by atoms with Crippen molar-refractivity contribution in [2.24, 2.45) is 5.92 Å². The Morgan fingerprint density at radius 3 is 2.25 bits per heavy atom. The summed E-state index contributed by atoms with van der Waals surface area (Å²) in [4.78, 5) is 51.5. The predicted octanol–water partition coefficient (Wildman–Crippen LogP) is 4.61. The summed E-state index contributed by atoms with van der Waals surface area (Å²) in [6.45, 7) is 5.62. The molecule has 0 aromatic heterocycles. The van der Waals surface area contributed by atoms with E-state index in [-0.39, 0.29) is 18.9 Å². The number of ketones is 1. The van der Waals surface area contributed by atoms with Crippen LogP contribution in [0, 0.1) is 26.7 Å². The van der Waals surface area contributed by atoms with Crippen molar-refractivity contribution < 1.29 is 28.7 Å². The lowest BCUT2D eigenvalue weighted by molar-refractivity contribution is -0.147. The van der Waals surface area contributed by atoms with Crippen LogP contribution >= 0.6 is 0 Å². The van der Waals surface area contributed by atoms with E-state index in [1.54, 1.807) is 17.0 Å². The minimum Gasteiger partial charge on any atom is -0.457 e. The molecule has 1 aliphatic rings. The zero-order valence-corrected chi connectivity index (χ0v) is 20.4. The van der Waals surface area contributed by atoms with Crippen molar-refractivity contribution in [3.63, 3.8) is 0 Å². The molecule has 1 atom stereocenters. The van der Waals surface area contributed by atoms with Crippen molar-refractivity contribution in [3.8, 4) is 5.75 Å². The minimum absolute atomic E-state index is 0.0431. The van der Waals surface area contributed by atoms with Gasteiger partial charge in [-0.3, -0.25) is 14.4 Å². The van der Waals surface area contributed by atoms with Crippen molar-refractivity contribution in [3.05, 3.63) is 94.5 Å². The maximum Gasteiger partial charge on any atom is 0.343 e. The molecule has 0 spiro atoms. The molecule has 0 saturated carbocycles. The smallest absolute Gasteiger partial charge is 0.343 e. The average molecular weight is 486 g/mol. The third-order valence-corrected chi connectivity index (χ3v) is 6.34. The lowest BCUT2D eigenvalue weighted by Gasteiger charge is -2.20. The van der Waals surface area contributed by atoms with E-state index in [1.807, 2.05) is 51.1 Å². The van der Waals surface area contributed by atoms with Crippen LogP contribution in [0.15, 0.2) is 66.7 Å².